The predicted octanol–water partition coefficient (Wildman–Crippen LogP) is 6.51. The first-order valence-corrected chi connectivity index (χ1v) is 12.9. The monoisotopic (exact) mass is 496 g/mol. The normalized spacial score (nSPS) is 14.8. The summed E-state index contributed by atoms with van der Waals surface area (Å²) in [6.07, 6.45) is 2.04. The van der Waals surface area contributed by atoms with E-state index in [9.17, 15) is 14.9 Å². The maximum atomic E-state index is 12.1. The van der Waals surface area contributed by atoms with Crippen molar-refractivity contribution in [3.8, 4) is 5.69 Å². The molecule has 0 unspecified atom stereocenters. The number of hydrogen-bond donors (Lipinski definition) is 1. The van der Waals surface area contributed by atoms with E-state index in [0.717, 1.165) is 54.8 Å². The Kier molecular flexibility index (Phi) is 7.06. The highest BCUT2D eigenvalue weighted by Gasteiger charge is 2.24. The highest BCUT2D eigenvalue weighted by Crippen LogP contribution is 2.33. The number of piperidine rings is 1. The molecule has 0 spiro atoms. The summed E-state index contributed by atoms with van der Waals surface area (Å²) in [5, 5.41) is 15.9. The minimum atomic E-state index is -0.308. The highest BCUT2D eigenvalue weighted by atomic mass is 16.6. The Morgan fingerprint density at radius 2 is 1.73 bits per heavy atom. The van der Waals surface area contributed by atoms with Crippen LogP contribution < -0.4 is 5.32 Å². The lowest BCUT2D eigenvalue weighted by atomic mass is 9.89. The molecule has 0 saturated carbocycles. The molecule has 0 atom stereocenters. The van der Waals surface area contributed by atoms with E-state index in [4.69, 9.17) is 0 Å². The van der Waals surface area contributed by atoms with Crippen LogP contribution in [-0.4, -0.2) is 33.4 Å². The van der Waals surface area contributed by atoms with Crippen LogP contribution in [0.4, 0.5) is 11.4 Å². The lowest BCUT2D eigenvalue weighted by Crippen LogP contribution is -2.33. The van der Waals surface area contributed by atoms with E-state index >= 15 is 0 Å². The summed E-state index contributed by atoms with van der Waals surface area (Å²) in [5.74, 6) is 0.411. The SMILES string of the molecule is CC(C)C(=O)Nc1cccc(C2CCN(Cc3cc4ccccc4n3-c3ccccc3[N+](=O)[O-])CC2)c1. The van der Waals surface area contributed by atoms with Crippen LogP contribution in [0.5, 0.6) is 0 Å². The molecule has 1 aliphatic rings. The zero-order valence-corrected chi connectivity index (χ0v) is 21.3. The van der Waals surface area contributed by atoms with E-state index in [2.05, 4.69) is 34.5 Å². The summed E-state index contributed by atoms with van der Waals surface area (Å²) in [5.41, 5.74) is 4.84. The van der Waals surface area contributed by atoms with Gasteiger partial charge in [0.2, 0.25) is 5.91 Å². The van der Waals surface area contributed by atoms with Gasteiger partial charge >= 0.3 is 0 Å². The number of aromatic nitrogens is 1. The van der Waals surface area contributed by atoms with Gasteiger partial charge in [0.05, 0.1) is 10.4 Å². The van der Waals surface area contributed by atoms with Gasteiger partial charge in [-0.3, -0.25) is 19.8 Å². The summed E-state index contributed by atoms with van der Waals surface area (Å²) < 4.78 is 2.04. The molecule has 0 bridgehead atoms. The zero-order chi connectivity index (χ0) is 25.9. The molecule has 5 rings (SSSR count). The molecule has 190 valence electrons. The molecule has 1 N–H and O–H groups in total. The summed E-state index contributed by atoms with van der Waals surface area (Å²) in [6, 6.07) is 25.4. The number of hydrogen-bond acceptors (Lipinski definition) is 4. The topological polar surface area (TPSA) is 80.4 Å². The van der Waals surface area contributed by atoms with Crippen LogP contribution in [0.3, 0.4) is 0 Å². The highest BCUT2D eigenvalue weighted by molar-refractivity contribution is 5.92. The Labute approximate surface area is 216 Å². The van der Waals surface area contributed by atoms with Gasteiger partial charge in [0.1, 0.15) is 5.69 Å². The average Bonchev–Trinajstić information content (AvgIpc) is 3.26. The molecule has 1 aromatic heterocycles. The van der Waals surface area contributed by atoms with Crippen molar-refractivity contribution in [1.82, 2.24) is 9.47 Å². The van der Waals surface area contributed by atoms with Crippen LogP contribution in [0.15, 0.2) is 78.9 Å². The predicted molar refractivity (Wildman–Crippen MR) is 147 cm³/mol. The number of nitrogens with one attached hydrogen (secondary N) is 1. The van der Waals surface area contributed by atoms with E-state index < -0.39 is 0 Å². The van der Waals surface area contributed by atoms with Gasteiger partial charge in [-0.2, -0.15) is 0 Å². The van der Waals surface area contributed by atoms with E-state index in [1.807, 2.05) is 60.9 Å². The van der Waals surface area contributed by atoms with Gasteiger partial charge in [-0.05, 0) is 67.7 Å². The molecule has 1 amide bonds. The number of nitro groups is 1. The van der Waals surface area contributed by atoms with Crippen LogP contribution in [-0.2, 0) is 11.3 Å². The first-order chi connectivity index (χ1) is 17.9. The maximum absolute atomic E-state index is 12.1. The number of carbonyl (C=O) groups is 1. The van der Waals surface area contributed by atoms with Crippen molar-refractivity contribution >= 4 is 28.2 Å². The molecule has 37 heavy (non-hydrogen) atoms. The van der Waals surface area contributed by atoms with Crippen molar-refractivity contribution in [3.05, 3.63) is 100 Å². The third-order valence-corrected chi connectivity index (χ3v) is 7.23. The molecule has 1 aliphatic heterocycles. The number of carbonyl (C=O) groups excluding carboxylic acids is 1. The van der Waals surface area contributed by atoms with Gasteiger partial charge in [0.25, 0.3) is 5.69 Å². The van der Waals surface area contributed by atoms with Crippen molar-refractivity contribution in [2.75, 3.05) is 18.4 Å². The lowest BCUT2D eigenvalue weighted by molar-refractivity contribution is -0.384. The number of fused-ring (bicyclic) bond motifs is 1. The fraction of sp³-hybridized carbons (Fsp3) is 0.300. The van der Waals surface area contributed by atoms with Crippen molar-refractivity contribution in [3.63, 3.8) is 0 Å². The minimum Gasteiger partial charge on any atom is -0.326 e. The average molecular weight is 497 g/mol. The second-order valence-corrected chi connectivity index (χ2v) is 10.1. The Morgan fingerprint density at radius 3 is 2.49 bits per heavy atom. The molecule has 0 aliphatic carbocycles. The molecule has 1 fully saturated rings. The van der Waals surface area contributed by atoms with Crippen molar-refractivity contribution in [2.45, 2.75) is 39.2 Å². The number of likely N-dealkylation sites (tertiary alicyclic amines) is 1. The van der Waals surface area contributed by atoms with E-state index in [-0.39, 0.29) is 22.4 Å². The number of nitro benzene ring substituents is 1. The summed E-state index contributed by atoms with van der Waals surface area (Å²) in [6.45, 7) is 6.38. The van der Waals surface area contributed by atoms with Crippen LogP contribution >= 0.6 is 0 Å². The largest absolute Gasteiger partial charge is 0.326 e. The second kappa shape index (κ2) is 10.6. The molecule has 4 aromatic rings. The first kappa shape index (κ1) is 24.7. The Bertz CT molecular complexity index is 1430. The molecular formula is C30H32N4O3. The zero-order valence-electron chi connectivity index (χ0n) is 21.3. The standard InChI is InChI=1S/C30H32N4O3/c1-21(2)30(35)31-25-10-7-9-23(18-25)22-14-16-32(17-15-22)20-26-19-24-8-3-4-11-27(24)33(26)28-12-5-6-13-29(28)34(36)37/h3-13,18-19,21-22H,14-17,20H2,1-2H3,(H,31,35). The Morgan fingerprint density at radius 1 is 1.00 bits per heavy atom. The molecule has 3 aromatic carbocycles. The summed E-state index contributed by atoms with van der Waals surface area (Å²) in [7, 11) is 0. The molecule has 1 saturated heterocycles. The van der Waals surface area contributed by atoms with Crippen molar-refractivity contribution in [1.29, 1.82) is 0 Å². The van der Waals surface area contributed by atoms with Gasteiger partial charge < -0.3 is 9.88 Å². The van der Waals surface area contributed by atoms with Gasteiger partial charge in [-0.15, -0.1) is 0 Å². The number of anilines is 1. The van der Waals surface area contributed by atoms with Gasteiger partial charge in [0, 0.05) is 35.3 Å². The minimum absolute atomic E-state index is 0.0287. The second-order valence-electron chi connectivity index (χ2n) is 10.1. The maximum Gasteiger partial charge on any atom is 0.293 e. The molecule has 7 nitrogen and oxygen atoms in total. The number of benzene rings is 3. The molecule has 2 heterocycles. The summed E-state index contributed by atoms with van der Waals surface area (Å²) >= 11 is 0. The smallest absolute Gasteiger partial charge is 0.293 e. The molecular weight excluding hydrogens is 464 g/mol. The van der Waals surface area contributed by atoms with E-state index in [1.165, 1.54) is 5.56 Å². The quantitative estimate of drug-likeness (QED) is 0.234. The molecule has 7 heteroatoms. The third kappa shape index (κ3) is 5.27. The number of amides is 1. The summed E-state index contributed by atoms with van der Waals surface area (Å²) in [4.78, 5) is 26.0. The van der Waals surface area contributed by atoms with Crippen molar-refractivity contribution < 1.29 is 9.72 Å². The van der Waals surface area contributed by atoms with Crippen molar-refractivity contribution in [2.24, 2.45) is 5.92 Å². The van der Waals surface area contributed by atoms with Crippen LogP contribution in [0, 0.1) is 16.0 Å². The third-order valence-electron chi connectivity index (χ3n) is 7.23. The number of rotatable bonds is 7. The van der Waals surface area contributed by atoms with Crippen LogP contribution in [0.2, 0.25) is 0 Å². The molecule has 0 radical (unpaired) electrons. The first-order valence-electron chi connectivity index (χ1n) is 12.9. The Hall–Kier alpha value is -3.97. The van der Waals surface area contributed by atoms with E-state index in [1.54, 1.807) is 12.1 Å². The fourth-order valence-electron chi connectivity index (χ4n) is 5.23. The van der Waals surface area contributed by atoms with E-state index in [0.29, 0.717) is 11.6 Å². The Balaban J connectivity index is 1.34. The lowest BCUT2D eigenvalue weighted by Gasteiger charge is -2.32. The van der Waals surface area contributed by atoms with Gasteiger partial charge in [-0.1, -0.05) is 56.3 Å². The van der Waals surface area contributed by atoms with Crippen LogP contribution in [0.25, 0.3) is 16.6 Å². The number of nitrogens with zero attached hydrogens (tertiary/aromatic N) is 3. The van der Waals surface area contributed by atoms with Crippen LogP contribution in [0.1, 0.15) is 43.9 Å². The van der Waals surface area contributed by atoms with Gasteiger partial charge in [0.15, 0.2) is 0 Å². The number of para-hydroxylation sites is 3. The fourth-order valence-corrected chi connectivity index (χ4v) is 5.23. The van der Waals surface area contributed by atoms with Gasteiger partial charge in [-0.25, -0.2) is 0 Å².